The Bertz CT molecular complexity index is 1130. The Morgan fingerprint density at radius 2 is 1.91 bits per heavy atom. The van der Waals surface area contributed by atoms with Gasteiger partial charge in [-0.05, 0) is 67.9 Å². The number of nitrogens with one attached hydrogen (secondary N) is 1. The number of ether oxygens (including phenoxy) is 1. The molecule has 5 rings (SSSR count). The number of thiazole rings is 1. The van der Waals surface area contributed by atoms with Gasteiger partial charge >= 0.3 is 5.97 Å². The summed E-state index contributed by atoms with van der Waals surface area (Å²) < 4.78 is 18.1. The molecule has 8 heteroatoms. The van der Waals surface area contributed by atoms with E-state index in [-0.39, 0.29) is 12.3 Å². The molecule has 1 saturated heterocycles. The number of aliphatic carboxylic acids is 1. The van der Waals surface area contributed by atoms with Gasteiger partial charge in [0.1, 0.15) is 5.01 Å². The van der Waals surface area contributed by atoms with Crippen LogP contribution in [0.5, 0.6) is 0 Å². The zero-order valence-corrected chi connectivity index (χ0v) is 20.0. The molecule has 1 aliphatic heterocycles. The van der Waals surface area contributed by atoms with Crippen LogP contribution in [-0.2, 0) is 26.8 Å². The number of rotatable bonds is 9. The third kappa shape index (κ3) is 5.45. The number of H-pyrrole nitrogens is 1. The molecule has 1 aromatic carbocycles. The van der Waals surface area contributed by atoms with Crippen molar-refractivity contribution >= 4 is 28.1 Å². The van der Waals surface area contributed by atoms with Crippen LogP contribution in [0.1, 0.15) is 54.2 Å². The van der Waals surface area contributed by atoms with E-state index in [9.17, 15) is 9.00 Å². The minimum Gasteiger partial charge on any atom is -0.481 e. The molecule has 2 aromatic heterocycles. The van der Waals surface area contributed by atoms with Crippen LogP contribution < -0.4 is 0 Å². The van der Waals surface area contributed by atoms with Gasteiger partial charge in [0.25, 0.3) is 0 Å². The van der Waals surface area contributed by atoms with Gasteiger partial charge in [-0.1, -0.05) is 12.1 Å². The van der Waals surface area contributed by atoms with Gasteiger partial charge < -0.3 is 14.8 Å². The summed E-state index contributed by atoms with van der Waals surface area (Å²) in [6.45, 7) is 1.64. The Balaban J connectivity index is 1.40. The van der Waals surface area contributed by atoms with Crippen LogP contribution in [0.4, 0.5) is 0 Å². The summed E-state index contributed by atoms with van der Waals surface area (Å²) in [5, 5.41) is 10.2. The fourth-order valence-electron chi connectivity index (χ4n) is 4.47. The maximum Gasteiger partial charge on any atom is 0.308 e. The fraction of sp³-hybridized carbons (Fsp3) is 0.440. The minimum absolute atomic E-state index is 0.00775. The van der Waals surface area contributed by atoms with Gasteiger partial charge in [0.2, 0.25) is 0 Å². The van der Waals surface area contributed by atoms with E-state index in [4.69, 9.17) is 9.84 Å². The first-order chi connectivity index (χ1) is 16.1. The highest BCUT2D eigenvalue weighted by molar-refractivity contribution is 7.86. The van der Waals surface area contributed by atoms with Gasteiger partial charge in [0.15, 0.2) is 0 Å². The first-order valence-electron chi connectivity index (χ1n) is 11.5. The van der Waals surface area contributed by atoms with Crippen molar-refractivity contribution in [2.24, 2.45) is 5.92 Å². The van der Waals surface area contributed by atoms with Crippen LogP contribution in [0.15, 0.2) is 47.5 Å². The second kappa shape index (κ2) is 9.91. The number of hydrogen-bond acceptors (Lipinski definition) is 5. The van der Waals surface area contributed by atoms with Crippen molar-refractivity contribution in [2.75, 3.05) is 13.2 Å². The lowest BCUT2D eigenvalue weighted by molar-refractivity contribution is -0.136. The van der Waals surface area contributed by atoms with E-state index in [1.807, 2.05) is 18.2 Å². The van der Waals surface area contributed by atoms with Crippen molar-refractivity contribution in [1.29, 1.82) is 0 Å². The van der Waals surface area contributed by atoms with Crippen LogP contribution in [0.2, 0.25) is 0 Å². The first kappa shape index (κ1) is 22.5. The van der Waals surface area contributed by atoms with Crippen LogP contribution in [0, 0.1) is 5.92 Å². The van der Waals surface area contributed by atoms with Crippen molar-refractivity contribution in [3.63, 3.8) is 0 Å². The lowest BCUT2D eigenvalue weighted by Crippen LogP contribution is -2.18. The molecule has 0 spiro atoms. The summed E-state index contributed by atoms with van der Waals surface area (Å²) >= 11 is 1.41. The zero-order chi connectivity index (χ0) is 22.8. The highest BCUT2D eigenvalue weighted by atomic mass is 32.2. The SMILES string of the molecule is O=C(O)Cc1cnc(-c2ccc(C(CC3CCOCC3)c3ccc(S(=O)C4CC4)cc3)[nH]2)s1. The van der Waals surface area contributed by atoms with Gasteiger partial charge in [-0.3, -0.25) is 9.00 Å². The van der Waals surface area contributed by atoms with E-state index < -0.39 is 16.8 Å². The minimum atomic E-state index is -0.892. The lowest BCUT2D eigenvalue weighted by Gasteiger charge is -2.27. The Morgan fingerprint density at radius 3 is 2.61 bits per heavy atom. The third-order valence-corrected chi connectivity index (χ3v) is 9.29. The summed E-state index contributed by atoms with van der Waals surface area (Å²) in [5.41, 5.74) is 3.26. The Hall–Kier alpha value is -2.29. The predicted molar refractivity (Wildman–Crippen MR) is 129 cm³/mol. The molecule has 2 fully saturated rings. The number of aromatic amines is 1. The summed E-state index contributed by atoms with van der Waals surface area (Å²) in [4.78, 5) is 20.7. The van der Waals surface area contributed by atoms with Gasteiger partial charge in [-0.15, -0.1) is 11.3 Å². The molecule has 2 N–H and O–H groups in total. The lowest BCUT2D eigenvalue weighted by atomic mass is 9.83. The molecule has 0 radical (unpaired) electrons. The maximum atomic E-state index is 12.6. The molecular weight excluding hydrogens is 456 g/mol. The van der Waals surface area contributed by atoms with Crippen molar-refractivity contribution in [2.45, 2.75) is 54.6 Å². The summed E-state index contributed by atoms with van der Waals surface area (Å²) in [5.74, 6) is -0.0542. The Morgan fingerprint density at radius 1 is 1.15 bits per heavy atom. The molecule has 3 aromatic rings. The third-order valence-electron chi connectivity index (χ3n) is 6.45. The van der Waals surface area contributed by atoms with Crippen molar-refractivity contribution in [3.8, 4) is 10.7 Å². The predicted octanol–water partition coefficient (Wildman–Crippen LogP) is 4.98. The summed E-state index contributed by atoms with van der Waals surface area (Å²) in [6.07, 6.45) is 6.93. The summed E-state index contributed by atoms with van der Waals surface area (Å²) in [6, 6.07) is 12.5. The largest absolute Gasteiger partial charge is 0.481 e. The van der Waals surface area contributed by atoms with Crippen molar-refractivity contribution < 1.29 is 18.8 Å². The van der Waals surface area contributed by atoms with Crippen LogP contribution in [0.3, 0.4) is 0 Å². The molecule has 1 aliphatic carbocycles. The first-order valence-corrected chi connectivity index (χ1v) is 13.5. The number of carboxylic acid groups (broad SMARTS) is 1. The van der Waals surface area contributed by atoms with E-state index in [2.05, 4.69) is 28.2 Å². The normalized spacial score (nSPS) is 18.8. The number of aromatic nitrogens is 2. The quantitative estimate of drug-likeness (QED) is 0.447. The number of nitrogens with zero attached hydrogens (tertiary/aromatic N) is 1. The molecule has 2 atom stereocenters. The molecule has 2 aliphatic rings. The number of carbonyl (C=O) groups is 1. The molecule has 33 heavy (non-hydrogen) atoms. The monoisotopic (exact) mass is 484 g/mol. The van der Waals surface area contributed by atoms with E-state index >= 15 is 0 Å². The average Bonchev–Trinajstić information content (AvgIpc) is 3.38. The number of carboxylic acids is 1. The Kier molecular flexibility index (Phi) is 6.76. The van der Waals surface area contributed by atoms with Crippen molar-refractivity contribution in [3.05, 3.63) is 58.7 Å². The number of hydrogen-bond donors (Lipinski definition) is 2. The molecule has 174 valence electrons. The van der Waals surface area contributed by atoms with E-state index in [1.54, 1.807) is 6.20 Å². The molecular formula is C25H28N2O4S2. The molecule has 3 heterocycles. The highest BCUT2D eigenvalue weighted by Gasteiger charge is 2.30. The molecule has 1 saturated carbocycles. The second-order valence-electron chi connectivity index (χ2n) is 8.94. The molecule has 0 bridgehead atoms. The molecule has 0 amide bonds. The molecule has 2 unspecified atom stereocenters. The van der Waals surface area contributed by atoms with E-state index in [0.717, 1.165) is 71.5 Å². The summed E-state index contributed by atoms with van der Waals surface area (Å²) in [7, 11) is -0.892. The van der Waals surface area contributed by atoms with Crippen LogP contribution in [-0.4, -0.2) is 43.7 Å². The smallest absolute Gasteiger partial charge is 0.308 e. The second-order valence-corrected chi connectivity index (χ2v) is 11.8. The van der Waals surface area contributed by atoms with Crippen LogP contribution in [0.25, 0.3) is 10.7 Å². The zero-order valence-electron chi connectivity index (χ0n) is 18.4. The number of benzene rings is 1. The average molecular weight is 485 g/mol. The van der Waals surface area contributed by atoms with Gasteiger partial charge in [-0.25, -0.2) is 4.98 Å². The molecule has 6 nitrogen and oxygen atoms in total. The Labute approximate surface area is 199 Å². The standard InChI is InChI=1S/C25H28N2O4S2/c28-24(29)14-18-15-26-25(32-18)23-8-7-22(27-23)21(13-16-9-11-31-12-10-16)17-1-3-19(4-2-17)33(30)20-5-6-20/h1-4,7-8,15-16,20-21,27H,5-6,9-14H2,(H,28,29). The van der Waals surface area contributed by atoms with Gasteiger partial charge in [-0.2, -0.15) is 0 Å². The highest BCUT2D eigenvalue weighted by Crippen LogP contribution is 2.37. The van der Waals surface area contributed by atoms with Gasteiger partial charge in [0, 0.05) is 46.0 Å². The maximum absolute atomic E-state index is 12.6. The topological polar surface area (TPSA) is 92.3 Å². The van der Waals surface area contributed by atoms with Gasteiger partial charge in [0.05, 0.1) is 22.9 Å². The van der Waals surface area contributed by atoms with E-state index in [1.165, 1.54) is 16.9 Å². The van der Waals surface area contributed by atoms with Crippen LogP contribution >= 0.6 is 11.3 Å². The fourth-order valence-corrected chi connectivity index (χ4v) is 6.71. The van der Waals surface area contributed by atoms with E-state index in [0.29, 0.717) is 11.2 Å². The van der Waals surface area contributed by atoms with Crippen molar-refractivity contribution in [1.82, 2.24) is 9.97 Å².